The summed E-state index contributed by atoms with van der Waals surface area (Å²) in [7, 11) is 0. The van der Waals surface area contributed by atoms with Crippen molar-refractivity contribution in [2.45, 2.75) is 58.3 Å². The Morgan fingerprint density at radius 3 is 2.64 bits per heavy atom. The zero-order valence-corrected chi connectivity index (χ0v) is 9.14. The molecule has 0 spiro atoms. The molecule has 0 saturated heterocycles. The van der Waals surface area contributed by atoms with Crippen LogP contribution in [0.15, 0.2) is 0 Å². The minimum absolute atomic E-state index is 0.195. The number of rotatable bonds is 3. The van der Waals surface area contributed by atoms with Gasteiger partial charge >= 0.3 is 0 Å². The summed E-state index contributed by atoms with van der Waals surface area (Å²) < 4.78 is 0. The molecular weight excluding hydrogens is 172 g/mol. The number of ketones is 1. The predicted octanol–water partition coefficient (Wildman–Crippen LogP) is 3.33. The molecule has 1 nitrogen and oxygen atoms in total. The molecule has 78 valence electrons. The van der Waals surface area contributed by atoms with Gasteiger partial charge in [-0.2, -0.15) is 0 Å². The third-order valence-electron chi connectivity index (χ3n) is 2.84. The van der Waals surface area contributed by atoms with Crippen molar-refractivity contribution in [3.05, 3.63) is 0 Å². The van der Waals surface area contributed by atoms with E-state index in [1.807, 2.05) is 0 Å². The van der Waals surface area contributed by atoms with Crippen molar-refractivity contribution in [2.24, 2.45) is 5.92 Å². The quantitative estimate of drug-likeness (QED) is 0.381. The number of carbonyl (C=O) groups excluding carboxylic acids is 1. The Morgan fingerprint density at radius 2 is 2.00 bits per heavy atom. The van der Waals surface area contributed by atoms with E-state index in [0.717, 1.165) is 32.1 Å². The van der Waals surface area contributed by atoms with Crippen LogP contribution in [0.4, 0.5) is 0 Å². The fraction of sp³-hybridized carbons (Fsp3) is 0.769. The summed E-state index contributed by atoms with van der Waals surface area (Å²) in [5.41, 5.74) is 0. The average Bonchev–Trinajstić information content (AvgIpc) is 2.25. The minimum atomic E-state index is 0.195. The second-order valence-electron chi connectivity index (χ2n) is 4.10. The second kappa shape index (κ2) is 6.65. The van der Waals surface area contributed by atoms with E-state index in [1.165, 1.54) is 19.3 Å². The first-order valence-electron chi connectivity index (χ1n) is 5.87. The summed E-state index contributed by atoms with van der Waals surface area (Å²) in [6, 6.07) is 0. The Bertz CT molecular complexity index is 225. The molecule has 14 heavy (non-hydrogen) atoms. The third kappa shape index (κ3) is 3.96. The van der Waals surface area contributed by atoms with Crippen LogP contribution in [0.25, 0.3) is 0 Å². The summed E-state index contributed by atoms with van der Waals surface area (Å²) in [4.78, 5) is 11.6. The van der Waals surface area contributed by atoms with Gasteiger partial charge in [0.1, 0.15) is 0 Å². The Kier molecular flexibility index (Phi) is 5.37. The van der Waals surface area contributed by atoms with Gasteiger partial charge in [-0.3, -0.25) is 4.79 Å². The Balaban J connectivity index is 2.27. The van der Waals surface area contributed by atoms with Gasteiger partial charge in [-0.25, -0.2) is 0 Å². The lowest BCUT2D eigenvalue weighted by molar-refractivity contribution is -0.118. The molecule has 0 aromatic rings. The van der Waals surface area contributed by atoms with E-state index in [9.17, 15) is 4.79 Å². The fourth-order valence-corrected chi connectivity index (χ4v) is 1.88. The van der Waals surface area contributed by atoms with Crippen LogP contribution in [0, 0.1) is 17.8 Å². The van der Waals surface area contributed by atoms with Gasteiger partial charge in [0, 0.05) is 12.3 Å². The standard InChI is InChI=1S/C13H20O/c1-2-3-4-8-11-13(14)12-9-6-5-7-10-12/h12H,2-7,9-10H2,1H3. The smallest absolute Gasteiger partial charge is 0.208 e. The fourth-order valence-electron chi connectivity index (χ4n) is 1.88. The van der Waals surface area contributed by atoms with E-state index in [-0.39, 0.29) is 11.7 Å². The van der Waals surface area contributed by atoms with E-state index < -0.39 is 0 Å². The molecule has 0 aromatic heterocycles. The molecule has 0 atom stereocenters. The lowest BCUT2D eigenvalue weighted by atomic mass is 9.86. The van der Waals surface area contributed by atoms with Crippen LogP contribution in [0.2, 0.25) is 0 Å². The SMILES string of the molecule is CCCCC#CC(=O)C1CCCCC1. The summed E-state index contributed by atoms with van der Waals surface area (Å²) >= 11 is 0. The normalized spacial score (nSPS) is 17.2. The van der Waals surface area contributed by atoms with Gasteiger partial charge in [-0.1, -0.05) is 38.5 Å². The molecule has 1 fully saturated rings. The molecule has 1 aliphatic rings. The molecule has 1 saturated carbocycles. The van der Waals surface area contributed by atoms with E-state index in [2.05, 4.69) is 18.8 Å². The number of unbranched alkanes of at least 4 members (excludes halogenated alkanes) is 2. The maximum atomic E-state index is 11.6. The molecule has 1 aliphatic carbocycles. The number of hydrogen-bond acceptors (Lipinski definition) is 1. The van der Waals surface area contributed by atoms with Crippen LogP contribution in [-0.4, -0.2) is 5.78 Å². The van der Waals surface area contributed by atoms with Crippen LogP contribution in [0.5, 0.6) is 0 Å². The van der Waals surface area contributed by atoms with Crippen molar-refractivity contribution in [3.8, 4) is 11.8 Å². The highest BCUT2D eigenvalue weighted by molar-refractivity contribution is 5.97. The molecule has 0 N–H and O–H groups in total. The van der Waals surface area contributed by atoms with Crippen LogP contribution in [-0.2, 0) is 4.79 Å². The Morgan fingerprint density at radius 1 is 1.29 bits per heavy atom. The number of carbonyl (C=O) groups is 1. The summed E-state index contributed by atoms with van der Waals surface area (Å²) in [5.74, 6) is 6.24. The van der Waals surface area contributed by atoms with Gasteiger partial charge in [0.25, 0.3) is 0 Å². The van der Waals surface area contributed by atoms with Gasteiger partial charge in [0.15, 0.2) is 0 Å². The molecule has 0 heterocycles. The summed E-state index contributed by atoms with van der Waals surface area (Å²) in [6.45, 7) is 2.14. The van der Waals surface area contributed by atoms with Crippen LogP contribution >= 0.6 is 0 Å². The van der Waals surface area contributed by atoms with Crippen molar-refractivity contribution in [3.63, 3.8) is 0 Å². The van der Waals surface area contributed by atoms with E-state index in [1.54, 1.807) is 0 Å². The van der Waals surface area contributed by atoms with Crippen molar-refractivity contribution in [1.82, 2.24) is 0 Å². The first kappa shape index (κ1) is 11.3. The summed E-state index contributed by atoms with van der Waals surface area (Å²) in [5, 5.41) is 0. The average molecular weight is 192 g/mol. The lowest BCUT2D eigenvalue weighted by Gasteiger charge is -2.17. The highest BCUT2D eigenvalue weighted by Gasteiger charge is 2.18. The Labute approximate surface area is 87.3 Å². The maximum absolute atomic E-state index is 11.6. The van der Waals surface area contributed by atoms with Gasteiger partial charge in [-0.05, 0) is 25.2 Å². The monoisotopic (exact) mass is 192 g/mol. The van der Waals surface area contributed by atoms with Crippen molar-refractivity contribution in [2.75, 3.05) is 0 Å². The molecule has 0 aromatic carbocycles. The summed E-state index contributed by atoms with van der Waals surface area (Å²) in [6.07, 6.45) is 9.03. The van der Waals surface area contributed by atoms with Crippen molar-refractivity contribution >= 4 is 5.78 Å². The molecular formula is C13H20O. The zero-order chi connectivity index (χ0) is 10.2. The molecule has 0 aliphatic heterocycles. The van der Waals surface area contributed by atoms with Gasteiger partial charge in [0.05, 0.1) is 0 Å². The van der Waals surface area contributed by atoms with E-state index in [4.69, 9.17) is 0 Å². The highest BCUT2D eigenvalue weighted by atomic mass is 16.1. The Hall–Kier alpha value is -0.770. The van der Waals surface area contributed by atoms with E-state index in [0.29, 0.717) is 0 Å². The maximum Gasteiger partial charge on any atom is 0.208 e. The van der Waals surface area contributed by atoms with Crippen molar-refractivity contribution < 1.29 is 4.79 Å². The van der Waals surface area contributed by atoms with E-state index >= 15 is 0 Å². The lowest BCUT2D eigenvalue weighted by Crippen LogP contribution is -2.15. The first-order valence-corrected chi connectivity index (χ1v) is 5.87. The molecule has 0 bridgehead atoms. The highest BCUT2D eigenvalue weighted by Crippen LogP contribution is 2.23. The molecule has 1 rings (SSSR count). The van der Waals surface area contributed by atoms with Gasteiger partial charge < -0.3 is 0 Å². The minimum Gasteiger partial charge on any atom is -0.285 e. The number of Topliss-reactive ketones (excluding diaryl/α,β-unsaturated/α-hetero) is 1. The third-order valence-corrected chi connectivity index (χ3v) is 2.84. The van der Waals surface area contributed by atoms with Gasteiger partial charge in [-0.15, -0.1) is 0 Å². The predicted molar refractivity (Wildman–Crippen MR) is 58.9 cm³/mol. The second-order valence-corrected chi connectivity index (χ2v) is 4.10. The van der Waals surface area contributed by atoms with Crippen LogP contribution < -0.4 is 0 Å². The van der Waals surface area contributed by atoms with Gasteiger partial charge in [0.2, 0.25) is 5.78 Å². The van der Waals surface area contributed by atoms with Crippen LogP contribution in [0.3, 0.4) is 0 Å². The largest absolute Gasteiger partial charge is 0.285 e. The number of hydrogen-bond donors (Lipinski definition) is 0. The molecule has 0 unspecified atom stereocenters. The van der Waals surface area contributed by atoms with Crippen molar-refractivity contribution in [1.29, 1.82) is 0 Å². The van der Waals surface area contributed by atoms with Crippen LogP contribution in [0.1, 0.15) is 58.3 Å². The molecule has 1 heteroatoms. The first-order chi connectivity index (χ1) is 6.84. The molecule has 0 radical (unpaired) electrons. The zero-order valence-electron chi connectivity index (χ0n) is 9.14. The topological polar surface area (TPSA) is 17.1 Å². The molecule has 0 amide bonds.